The highest BCUT2D eigenvalue weighted by Crippen LogP contribution is 2.40. The van der Waals surface area contributed by atoms with E-state index >= 15 is 0 Å². The smallest absolute Gasteiger partial charge is 0.141 e. The Balaban J connectivity index is 2.05. The second-order valence-electron chi connectivity index (χ2n) is 5.02. The zero-order valence-electron chi connectivity index (χ0n) is 11.2. The van der Waals surface area contributed by atoms with Crippen LogP contribution in [0.5, 0.6) is 0 Å². The number of H-pyrrole nitrogens is 2. The number of nitroso groups, excluding NO2 is 1. The van der Waals surface area contributed by atoms with Gasteiger partial charge in [0.2, 0.25) is 0 Å². The molecule has 0 unspecified atom stereocenters. The molecule has 2 aromatic heterocycles. The van der Waals surface area contributed by atoms with Crippen molar-refractivity contribution in [2.24, 2.45) is 5.18 Å². The largest absolute Gasteiger partial charge is 0.360 e. The van der Waals surface area contributed by atoms with Crippen LogP contribution in [0, 0.1) is 4.91 Å². The van der Waals surface area contributed by atoms with Crippen LogP contribution >= 0.6 is 23.2 Å². The van der Waals surface area contributed by atoms with Gasteiger partial charge in [0.05, 0.1) is 5.69 Å². The molecule has 2 aromatic carbocycles. The van der Waals surface area contributed by atoms with E-state index in [4.69, 9.17) is 23.2 Å². The minimum Gasteiger partial charge on any atom is -0.360 e. The first kappa shape index (κ1) is 13.4. The third kappa shape index (κ3) is 1.92. The second-order valence-corrected chi connectivity index (χ2v) is 5.89. The van der Waals surface area contributed by atoms with E-state index in [0.29, 0.717) is 21.4 Å². The minimum atomic E-state index is 0.377. The first-order valence-electron chi connectivity index (χ1n) is 6.59. The zero-order chi connectivity index (χ0) is 15.3. The van der Waals surface area contributed by atoms with Crippen LogP contribution < -0.4 is 0 Å². The quantitative estimate of drug-likeness (QED) is 0.434. The second kappa shape index (κ2) is 4.87. The summed E-state index contributed by atoms with van der Waals surface area (Å²) < 4.78 is 0. The first-order chi connectivity index (χ1) is 10.7. The van der Waals surface area contributed by atoms with Crippen molar-refractivity contribution in [2.45, 2.75) is 0 Å². The molecule has 0 aliphatic carbocycles. The van der Waals surface area contributed by atoms with Gasteiger partial charge >= 0.3 is 0 Å². The number of aromatic amines is 2. The van der Waals surface area contributed by atoms with E-state index in [1.807, 2.05) is 24.4 Å². The molecule has 6 heteroatoms. The van der Waals surface area contributed by atoms with Crippen LogP contribution in [0.1, 0.15) is 0 Å². The molecular formula is C16H9Cl2N3O. The summed E-state index contributed by atoms with van der Waals surface area (Å²) in [6.07, 6.45) is 1.84. The van der Waals surface area contributed by atoms with Gasteiger partial charge in [0.1, 0.15) is 5.69 Å². The maximum Gasteiger partial charge on any atom is 0.141 e. The van der Waals surface area contributed by atoms with Crippen LogP contribution in [-0.4, -0.2) is 9.97 Å². The SMILES string of the molecule is O=Nc1c(-c2c[nH]c3cc(Cl)ccc23)[nH]c2cc(Cl)ccc12. The van der Waals surface area contributed by atoms with Gasteiger partial charge in [-0.3, -0.25) is 0 Å². The monoisotopic (exact) mass is 329 g/mol. The van der Waals surface area contributed by atoms with Gasteiger partial charge in [-0.2, -0.15) is 0 Å². The van der Waals surface area contributed by atoms with E-state index in [-0.39, 0.29) is 0 Å². The predicted octanol–water partition coefficient (Wildman–Crippen LogP) is 6.02. The van der Waals surface area contributed by atoms with Gasteiger partial charge in [-0.15, -0.1) is 4.91 Å². The Morgan fingerprint density at radius 1 is 0.909 bits per heavy atom. The average molecular weight is 330 g/mol. The van der Waals surface area contributed by atoms with Crippen LogP contribution in [0.3, 0.4) is 0 Å². The molecule has 0 aliphatic rings. The fourth-order valence-corrected chi connectivity index (χ4v) is 3.09. The normalized spacial score (nSPS) is 11.4. The topological polar surface area (TPSA) is 61.0 Å². The molecule has 0 spiro atoms. The molecule has 2 N–H and O–H groups in total. The Morgan fingerprint density at radius 2 is 1.59 bits per heavy atom. The predicted molar refractivity (Wildman–Crippen MR) is 91.1 cm³/mol. The first-order valence-corrected chi connectivity index (χ1v) is 7.34. The van der Waals surface area contributed by atoms with E-state index in [1.165, 1.54) is 0 Å². The lowest BCUT2D eigenvalue weighted by molar-refractivity contribution is 1.42. The minimum absolute atomic E-state index is 0.377. The molecule has 0 atom stereocenters. The number of rotatable bonds is 2. The fourth-order valence-electron chi connectivity index (χ4n) is 2.75. The summed E-state index contributed by atoms with van der Waals surface area (Å²) in [6.45, 7) is 0. The highest BCUT2D eigenvalue weighted by Gasteiger charge is 2.17. The number of halogens is 2. The van der Waals surface area contributed by atoms with Crippen molar-refractivity contribution in [3.63, 3.8) is 0 Å². The molecule has 22 heavy (non-hydrogen) atoms. The molecule has 4 aromatic rings. The summed E-state index contributed by atoms with van der Waals surface area (Å²) in [5.74, 6) is 0. The lowest BCUT2D eigenvalue weighted by Crippen LogP contribution is -1.75. The standard InChI is InChI=1S/C16H9Cl2N3O/c17-8-1-3-10-12(7-19-13(10)5-8)15-16(21-22)11-4-2-9(18)6-14(11)20-15/h1-7,19-20H. The summed E-state index contributed by atoms with van der Waals surface area (Å²) in [5, 5.41) is 6.17. The molecule has 0 saturated heterocycles. The van der Waals surface area contributed by atoms with Gasteiger partial charge in [-0.1, -0.05) is 29.3 Å². The Kier molecular flexibility index (Phi) is 2.96. The van der Waals surface area contributed by atoms with E-state index in [1.54, 1.807) is 18.2 Å². The molecule has 108 valence electrons. The fraction of sp³-hybridized carbons (Fsp3) is 0. The van der Waals surface area contributed by atoms with Crippen molar-refractivity contribution in [1.29, 1.82) is 0 Å². The summed E-state index contributed by atoms with van der Waals surface area (Å²) in [5.41, 5.74) is 3.59. The molecule has 0 aliphatic heterocycles. The number of hydrogen-bond acceptors (Lipinski definition) is 2. The van der Waals surface area contributed by atoms with E-state index in [9.17, 15) is 4.91 Å². The van der Waals surface area contributed by atoms with Crippen molar-refractivity contribution in [3.05, 3.63) is 57.5 Å². The number of nitrogens with one attached hydrogen (secondary N) is 2. The third-order valence-electron chi connectivity index (χ3n) is 3.74. The van der Waals surface area contributed by atoms with E-state index < -0.39 is 0 Å². The summed E-state index contributed by atoms with van der Waals surface area (Å²) in [4.78, 5) is 17.7. The zero-order valence-corrected chi connectivity index (χ0v) is 12.7. The number of benzene rings is 2. The summed E-state index contributed by atoms with van der Waals surface area (Å²) in [7, 11) is 0. The van der Waals surface area contributed by atoms with Crippen molar-refractivity contribution in [3.8, 4) is 11.3 Å². The molecular weight excluding hydrogens is 321 g/mol. The molecule has 0 amide bonds. The van der Waals surface area contributed by atoms with Crippen LogP contribution in [0.4, 0.5) is 5.69 Å². The molecule has 4 nitrogen and oxygen atoms in total. The van der Waals surface area contributed by atoms with Gasteiger partial charge in [0.25, 0.3) is 0 Å². The van der Waals surface area contributed by atoms with Gasteiger partial charge in [0.15, 0.2) is 0 Å². The molecule has 0 bridgehead atoms. The van der Waals surface area contributed by atoms with Gasteiger partial charge < -0.3 is 9.97 Å². The van der Waals surface area contributed by atoms with Crippen LogP contribution in [0.25, 0.3) is 33.1 Å². The van der Waals surface area contributed by atoms with Crippen LogP contribution in [-0.2, 0) is 0 Å². The van der Waals surface area contributed by atoms with E-state index in [2.05, 4.69) is 15.1 Å². The maximum atomic E-state index is 11.3. The van der Waals surface area contributed by atoms with Crippen molar-refractivity contribution < 1.29 is 0 Å². The Hall–Kier alpha value is -2.30. The summed E-state index contributed by atoms with van der Waals surface area (Å²) in [6, 6.07) is 10.9. The lowest BCUT2D eigenvalue weighted by Gasteiger charge is -1.97. The van der Waals surface area contributed by atoms with E-state index in [0.717, 1.165) is 27.4 Å². The Bertz CT molecular complexity index is 1030. The number of nitrogens with zero attached hydrogens (tertiary/aromatic N) is 1. The summed E-state index contributed by atoms with van der Waals surface area (Å²) >= 11 is 12.0. The molecule has 0 saturated carbocycles. The van der Waals surface area contributed by atoms with Crippen LogP contribution in [0.15, 0.2) is 47.8 Å². The van der Waals surface area contributed by atoms with Crippen molar-refractivity contribution >= 4 is 50.7 Å². The highest BCUT2D eigenvalue weighted by atomic mass is 35.5. The lowest BCUT2D eigenvalue weighted by atomic mass is 10.1. The van der Waals surface area contributed by atoms with Gasteiger partial charge in [-0.05, 0) is 35.5 Å². The molecule has 4 rings (SSSR count). The highest BCUT2D eigenvalue weighted by molar-refractivity contribution is 6.32. The molecule has 0 fully saturated rings. The van der Waals surface area contributed by atoms with Crippen molar-refractivity contribution in [2.75, 3.05) is 0 Å². The van der Waals surface area contributed by atoms with Gasteiger partial charge in [-0.25, -0.2) is 0 Å². The average Bonchev–Trinajstić information content (AvgIpc) is 3.06. The molecule has 0 radical (unpaired) electrons. The van der Waals surface area contributed by atoms with Gasteiger partial charge in [0, 0.05) is 43.6 Å². The van der Waals surface area contributed by atoms with Crippen LogP contribution in [0.2, 0.25) is 10.0 Å². The number of hydrogen-bond donors (Lipinski definition) is 2. The Morgan fingerprint density at radius 3 is 2.32 bits per heavy atom. The third-order valence-corrected chi connectivity index (χ3v) is 4.21. The number of fused-ring (bicyclic) bond motifs is 2. The number of aromatic nitrogens is 2. The Labute approximate surface area is 135 Å². The van der Waals surface area contributed by atoms with Crippen molar-refractivity contribution in [1.82, 2.24) is 9.97 Å². The maximum absolute atomic E-state index is 11.3. The molecule has 2 heterocycles.